The van der Waals surface area contributed by atoms with E-state index < -0.39 is 0 Å². The van der Waals surface area contributed by atoms with E-state index in [1.807, 2.05) is 25.1 Å². The van der Waals surface area contributed by atoms with Gasteiger partial charge in [-0.25, -0.2) is 9.97 Å². The zero-order valence-electron chi connectivity index (χ0n) is 14.1. The number of anilines is 3. The summed E-state index contributed by atoms with van der Waals surface area (Å²) >= 11 is 0. The Kier molecular flexibility index (Phi) is 4.93. The first kappa shape index (κ1) is 16.2. The molecule has 0 spiro atoms. The van der Waals surface area contributed by atoms with Gasteiger partial charge in [0.15, 0.2) is 0 Å². The molecule has 6 heteroatoms. The maximum absolute atomic E-state index is 12.1. The first-order valence-corrected chi connectivity index (χ1v) is 8.34. The molecular weight excluding hydrogens is 302 g/mol. The van der Waals surface area contributed by atoms with Crippen molar-refractivity contribution in [3.63, 3.8) is 0 Å². The quantitative estimate of drug-likeness (QED) is 0.786. The number of rotatable bonds is 5. The Morgan fingerprint density at radius 2 is 1.88 bits per heavy atom. The highest BCUT2D eigenvalue weighted by Crippen LogP contribution is 2.26. The largest absolute Gasteiger partial charge is 0.382 e. The average molecular weight is 325 g/mol. The molecular formula is C18H23N5O. The number of carbonyl (C=O) groups excluding carboxylic acids is 1. The number of aryl methyl sites for hydroxylation is 1. The molecule has 0 unspecified atom stereocenters. The molecule has 2 heterocycles. The lowest BCUT2D eigenvalue weighted by molar-refractivity contribution is 0.0963. The van der Waals surface area contributed by atoms with Crippen LogP contribution in [0, 0.1) is 6.92 Å². The van der Waals surface area contributed by atoms with Crippen LogP contribution in [0.3, 0.4) is 0 Å². The first-order valence-electron chi connectivity index (χ1n) is 8.34. The van der Waals surface area contributed by atoms with Crippen molar-refractivity contribution in [3.8, 4) is 0 Å². The summed E-state index contributed by atoms with van der Waals surface area (Å²) < 4.78 is 0. The summed E-state index contributed by atoms with van der Waals surface area (Å²) in [5, 5.41) is 9.36. The summed E-state index contributed by atoms with van der Waals surface area (Å²) in [6.45, 7) is 2.00. The third-order valence-electron chi connectivity index (χ3n) is 4.26. The summed E-state index contributed by atoms with van der Waals surface area (Å²) in [5.74, 6) is 1.26. The van der Waals surface area contributed by atoms with Crippen molar-refractivity contribution in [3.05, 3.63) is 41.7 Å². The summed E-state index contributed by atoms with van der Waals surface area (Å²) in [6, 6.07) is 6.20. The zero-order chi connectivity index (χ0) is 16.9. The van der Waals surface area contributed by atoms with Crippen LogP contribution in [-0.2, 0) is 0 Å². The zero-order valence-corrected chi connectivity index (χ0v) is 14.1. The number of aromatic nitrogens is 2. The lowest BCUT2D eigenvalue weighted by Crippen LogP contribution is -2.23. The van der Waals surface area contributed by atoms with Crippen LogP contribution in [0.5, 0.6) is 0 Å². The molecule has 0 radical (unpaired) electrons. The molecule has 126 valence electrons. The van der Waals surface area contributed by atoms with Gasteiger partial charge in [-0.3, -0.25) is 4.79 Å². The van der Waals surface area contributed by atoms with Gasteiger partial charge in [-0.2, -0.15) is 0 Å². The number of nitrogens with one attached hydrogen (secondary N) is 3. The second kappa shape index (κ2) is 7.29. The Bertz CT molecular complexity index is 708. The van der Waals surface area contributed by atoms with Gasteiger partial charge in [0.25, 0.3) is 5.91 Å². The molecule has 0 aliphatic heterocycles. The van der Waals surface area contributed by atoms with Gasteiger partial charge in [-0.05, 0) is 31.4 Å². The molecule has 1 aliphatic carbocycles. The van der Waals surface area contributed by atoms with Crippen molar-refractivity contribution < 1.29 is 4.79 Å². The van der Waals surface area contributed by atoms with Gasteiger partial charge >= 0.3 is 0 Å². The van der Waals surface area contributed by atoms with Gasteiger partial charge in [0.05, 0.1) is 11.3 Å². The van der Waals surface area contributed by atoms with Crippen LogP contribution < -0.4 is 16.0 Å². The van der Waals surface area contributed by atoms with Crippen LogP contribution in [-0.4, -0.2) is 29.0 Å². The molecule has 2 aromatic rings. The number of carbonyl (C=O) groups is 1. The van der Waals surface area contributed by atoms with Crippen molar-refractivity contribution in [2.24, 2.45) is 0 Å². The average Bonchev–Trinajstić information content (AvgIpc) is 3.09. The standard InChI is InChI=1S/C18H23N5O/c1-12-7-8-16(20-10-12)23-17-9-15(22-13-5-3-4-6-13)14(11-21-17)18(24)19-2/h7-11,13H,3-6H2,1-2H3,(H,19,24)(H2,20,21,22,23). The molecule has 2 aromatic heterocycles. The van der Waals surface area contributed by atoms with Crippen LogP contribution in [0.1, 0.15) is 41.6 Å². The van der Waals surface area contributed by atoms with Gasteiger partial charge < -0.3 is 16.0 Å². The Morgan fingerprint density at radius 1 is 1.12 bits per heavy atom. The molecule has 24 heavy (non-hydrogen) atoms. The summed E-state index contributed by atoms with van der Waals surface area (Å²) in [6.07, 6.45) is 8.15. The molecule has 1 aliphatic rings. The van der Waals surface area contributed by atoms with Crippen LogP contribution in [0.4, 0.5) is 17.3 Å². The fourth-order valence-electron chi connectivity index (χ4n) is 2.92. The smallest absolute Gasteiger partial charge is 0.254 e. The maximum Gasteiger partial charge on any atom is 0.254 e. The van der Waals surface area contributed by atoms with Gasteiger partial charge in [0.2, 0.25) is 0 Å². The monoisotopic (exact) mass is 325 g/mol. The first-order chi connectivity index (χ1) is 11.7. The van der Waals surface area contributed by atoms with Crippen LogP contribution in [0.2, 0.25) is 0 Å². The van der Waals surface area contributed by atoms with Gasteiger partial charge in [0, 0.05) is 31.5 Å². The fourth-order valence-corrected chi connectivity index (χ4v) is 2.92. The van der Waals surface area contributed by atoms with Crippen molar-refractivity contribution in [1.29, 1.82) is 0 Å². The molecule has 3 rings (SSSR count). The lowest BCUT2D eigenvalue weighted by Gasteiger charge is -2.17. The number of pyridine rings is 2. The van der Waals surface area contributed by atoms with E-state index in [0.29, 0.717) is 17.4 Å². The SMILES string of the molecule is CNC(=O)c1cnc(Nc2ccc(C)cn2)cc1NC1CCCC1. The second-order valence-corrected chi connectivity index (χ2v) is 6.17. The molecule has 1 amide bonds. The van der Waals surface area contributed by atoms with E-state index in [4.69, 9.17) is 0 Å². The Labute approximate surface area is 142 Å². The highest BCUT2D eigenvalue weighted by molar-refractivity contribution is 5.99. The summed E-state index contributed by atoms with van der Waals surface area (Å²) in [7, 11) is 1.63. The van der Waals surface area contributed by atoms with E-state index in [9.17, 15) is 4.79 Å². The van der Waals surface area contributed by atoms with Crippen LogP contribution in [0.25, 0.3) is 0 Å². The van der Waals surface area contributed by atoms with E-state index in [1.54, 1.807) is 19.4 Å². The van der Waals surface area contributed by atoms with E-state index >= 15 is 0 Å². The number of nitrogens with zero attached hydrogens (tertiary/aromatic N) is 2. The Balaban J connectivity index is 1.84. The van der Waals surface area contributed by atoms with E-state index in [-0.39, 0.29) is 5.91 Å². The van der Waals surface area contributed by atoms with Gasteiger partial charge in [-0.15, -0.1) is 0 Å². The van der Waals surface area contributed by atoms with Crippen molar-refractivity contribution >= 4 is 23.2 Å². The Morgan fingerprint density at radius 3 is 2.54 bits per heavy atom. The molecule has 0 atom stereocenters. The predicted molar refractivity (Wildman–Crippen MR) is 95.8 cm³/mol. The fraction of sp³-hybridized carbons (Fsp3) is 0.389. The molecule has 6 nitrogen and oxygen atoms in total. The lowest BCUT2D eigenvalue weighted by atomic mass is 10.1. The third-order valence-corrected chi connectivity index (χ3v) is 4.26. The number of amides is 1. The predicted octanol–water partition coefficient (Wildman–Crippen LogP) is 3.24. The second-order valence-electron chi connectivity index (χ2n) is 6.17. The maximum atomic E-state index is 12.1. The molecule has 0 aromatic carbocycles. The summed E-state index contributed by atoms with van der Waals surface area (Å²) in [4.78, 5) is 20.8. The van der Waals surface area contributed by atoms with E-state index in [0.717, 1.165) is 29.9 Å². The Hall–Kier alpha value is -2.63. The third kappa shape index (κ3) is 3.82. The molecule has 0 saturated heterocycles. The highest BCUT2D eigenvalue weighted by atomic mass is 16.1. The molecule has 3 N–H and O–H groups in total. The normalized spacial score (nSPS) is 14.4. The van der Waals surface area contributed by atoms with Crippen LogP contribution in [0.15, 0.2) is 30.6 Å². The topological polar surface area (TPSA) is 78.9 Å². The van der Waals surface area contributed by atoms with Crippen molar-refractivity contribution in [2.75, 3.05) is 17.7 Å². The van der Waals surface area contributed by atoms with E-state index in [2.05, 4.69) is 25.9 Å². The minimum atomic E-state index is -0.136. The van der Waals surface area contributed by atoms with Crippen molar-refractivity contribution in [1.82, 2.24) is 15.3 Å². The van der Waals surface area contributed by atoms with Crippen molar-refractivity contribution in [2.45, 2.75) is 38.6 Å². The minimum Gasteiger partial charge on any atom is -0.382 e. The van der Waals surface area contributed by atoms with E-state index in [1.165, 1.54) is 12.8 Å². The number of hydrogen-bond donors (Lipinski definition) is 3. The molecule has 0 bridgehead atoms. The minimum absolute atomic E-state index is 0.136. The van der Waals surface area contributed by atoms with Crippen LogP contribution >= 0.6 is 0 Å². The number of hydrogen-bond acceptors (Lipinski definition) is 5. The van der Waals surface area contributed by atoms with Gasteiger partial charge in [0.1, 0.15) is 11.6 Å². The highest BCUT2D eigenvalue weighted by Gasteiger charge is 2.19. The van der Waals surface area contributed by atoms with Gasteiger partial charge in [-0.1, -0.05) is 18.9 Å². The molecule has 1 saturated carbocycles. The summed E-state index contributed by atoms with van der Waals surface area (Å²) in [5.41, 5.74) is 2.48. The molecule has 1 fully saturated rings.